The third-order valence-corrected chi connectivity index (χ3v) is 4.55. The Balaban J connectivity index is 2.37. The van der Waals surface area contributed by atoms with Crippen LogP contribution < -0.4 is 5.69 Å². The third kappa shape index (κ3) is 3.09. The van der Waals surface area contributed by atoms with E-state index in [4.69, 9.17) is 4.74 Å². The van der Waals surface area contributed by atoms with Crippen LogP contribution in [0.4, 0.5) is 5.69 Å². The van der Waals surface area contributed by atoms with Crippen molar-refractivity contribution in [1.82, 2.24) is 24.6 Å². The van der Waals surface area contributed by atoms with Gasteiger partial charge in [0.2, 0.25) is 5.65 Å². The maximum Gasteiger partial charge on any atom is 0.373 e. The van der Waals surface area contributed by atoms with Gasteiger partial charge in [0.05, 0.1) is 11.5 Å². The molecule has 13 nitrogen and oxygen atoms in total. The van der Waals surface area contributed by atoms with Gasteiger partial charge >= 0.3 is 11.7 Å². The van der Waals surface area contributed by atoms with E-state index in [0.29, 0.717) is 9.20 Å². The summed E-state index contributed by atoms with van der Waals surface area (Å²) in [6.45, 7) is 1.46. The quantitative estimate of drug-likeness (QED) is 0.312. The van der Waals surface area contributed by atoms with Gasteiger partial charge in [0.25, 0.3) is 5.69 Å². The van der Waals surface area contributed by atoms with E-state index >= 15 is 0 Å². The molecule has 0 aliphatic heterocycles. The van der Waals surface area contributed by atoms with E-state index < -0.39 is 48.3 Å². The zero-order valence-electron chi connectivity index (χ0n) is 14.5. The van der Waals surface area contributed by atoms with Crippen LogP contribution in [0.3, 0.4) is 0 Å². The topological polar surface area (TPSA) is 169 Å². The number of hydrogen-bond donors (Lipinski definition) is 0. The zero-order chi connectivity index (χ0) is 20.6. The first-order valence-corrected chi connectivity index (χ1v) is 9.55. The maximum atomic E-state index is 12.8. The number of rotatable bonds is 5. The predicted octanol–water partition coefficient (Wildman–Crippen LogP) is -0.236. The molecule has 0 unspecified atom stereocenters. The van der Waals surface area contributed by atoms with E-state index in [2.05, 4.69) is 15.4 Å². The molecule has 14 heteroatoms. The summed E-state index contributed by atoms with van der Waals surface area (Å²) in [4.78, 5) is 35.4. The van der Waals surface area contributed by atoms with Gasteiger partial charge in [0, 0.05) is 12.3 Å². The summed E-state index contributed by atoms with van der Waals surface area (Å²) in [6.07, 6.45) is 0.797. The Morgan fingerprint density at radius 2 is 2.00 bits per heavy atom. The average molecular weight is 408 g/mol. The van der Waals surface area contributed by atoms with Gasteiger partial charge in [0.15, 0.2) is 14.9 Å². The Kier molecular flexibility index (Phi) is 4.64. The molecule has 0 saturated carbocycles. The summed E-state index contributed by atoms with van der Waals surface area (Å²) in [5.41, 5.74) is -2.68. The summed E-state index contributed by atoms with van der Waals surface area (Å²) < 4.78 is 30.0. The molecule has 0 atom stereocenters. The summed E-state index contributed by atoms with van der Waals surface area (Å²) >= 11 is 0. The Morgan fingerprint density at radius 1 is 1.32 bits per heavy atom. The minimum absolute atomic E-state index is 0.0555. The number of sulfone groups is 1. The van der Waals surface area contributed by atoms with E-state index in [0.717, 1.165) is 12.3 Å². The largest absolute Gasteiger partial charge is 0.462 e. The van der Waals surface area contributed by atoms with Crippen LogP contribution in [0.15, 0.2) is 34.1 Å². The van der Waals surface area contributed by atoms with Gasteiger partial charge in [-0.05, 0) is 13.0 Å². The minimum Gasteiger partial charge on any atom is -0.462 e. The highest BCUT2D eigenvalue weighted by Gasteiger charge is 2.31. The third-order valence-electron chi connectivity index (χ3n) is 3.56. The van der Waals surface area contributed by atoms with Crippen molar-refractivity contribution in [3.8, 4) is 5.69 Å². The molecule has 0 aliphatic carbocycles. The first-order chi connectivity index (χ1) is 13.2. The van der Waals surface area contributed by atoms with Gasteiger partial charge < -0.3 is 4.74 Å². The Bertz CT molecular complexity index is 1280. The van der Waals surface area contributed by atoms with Crippen molar-refractivity contribution in [2.45, 2.75) is 11.9 Å². The van der Waals surface area contributed by atoms with Crippen LogP contribution in [0.2, 0.25) is 0 Å². The SMILES string of the molecule is CCOC(=O)c1c(S(C)(=O)=O)nn2c(=O)n(-c3ccccc3[N+](=O)[O-])nnc12. The molecule has 2 aromatic heterocycles. The first-order valence-electron chi connectivity index (χ1n) is 7.66. The van der Waals surface area contributed by atoms with Gasteiger partial charge in [-0.2, -0.15) is 9.20 Å². The normalized spacial score (nSPS) is 11.5. The number of fused-ring (bicyclic) bond motifs is 1. The molecular weight excluding hydrogens is 396 g/mol. The number of para-hydroxylation sites is 2. The van der Waals surface area contributed by atoms with Crippen LogP contribution in [0.1, 0.15) is 17.3 Å². The molecule has 3 rings (SSSR count). The molecule has 0 N–H and O–H groups in total. The molecule has 0 radical (unpaired) electrons. The molecule has 0 fully saturated rings. The molecule has 1 aromatic carbocycles. The van der Waals surface area contributed by atoms with Crippen molar-refractivity contribution in [2.75, 3.05) is 12.9 Å². The number of benzene rings is 1. The van der Waals surface area contributed by atoms with Crippen LogP contribution in [-0.4, -0.2) is 56.8 Å². The van der Waals surface area contributed by atoms with Crippen LogP contribution in [0.25, 0.3) is 11.3 Å². The van der Waals surface area contributed by atoms with Gasteiger partial charge in [-0.3, -0.25) is 10.1 Å². The van der Waals surface area contributed by atoms with Gasteiger partial charge in [0.1, 0.15) is 11.3 Å². The van der Waals surface area contributed by atoms with E-state index in [9.17, 15) is 28.1 Å². The second-order valence-electron chi connectivity index (χ2n) is 5.44. The number of nitro benzene ring substituents is 1. The second-order valence-corrected chi connectivity index (χ2v) is 7.37. The molecule has 3 aromatic rings. The Morgan fingerprint density at radius 3 is 2.61 bits per heavy atom. The molecule has 0 amide bonds. The number of aromatic nitrogens is 5. The van der Waals surface area contributed by atoms with Crippen molar-refractivity contribution in [1.29, 1.82) is 0 Å². The summed E-state index contributed by atoms with van der Waals surface area (Å²) in [6, 6.07) is 5.25. The van der Waals surface area contributed by atoms with Crippen LogP contribution >= 0.6 is 0 Å². The van der Waals surface area contributed by atoms with Crippen molar-refractivity contribution in [3.63, 3.8) is 0 Å². The number of nitrogens with zero attached hydrogens (tertiary/aromatic N) is 6. The maximum absolute atomic E-state index is 12.8. The standard InChI is InChI=1S/C14H12N6O7S/c1-3-27-13(21)10-11-15-17-18(8-6-4-5-7-9(8)20(23)24)14(22)19(11)16-12(10)28(2,25)26/h4-7H,3H2,1-2H3. The predicted molar refractivity (Wildman–Crippen MR) is 92.1 cm³/mol. The minimum atomic E-state index is -4.03. The van der Waals surface area contributed by atoms with Crippen molar-refractivity contribution < 1.29 is 22.9 Å². The molecular formula is C14H12N6O7S. The van der Waals surface area contributed by atoms with E-state index in [1.807, 2.05) is 0 Å². The number of ether oxygens (including phenoxy) is 1. The lowest BCUT2D eigenvalue weighted by atomic mass is 10.3. The summed E-state index contributed by atoms with van der Waals surface area (Å²) in [5, 5.41) is 21.4. The number of carbonyl (C=O) groups excluding carboxylic acids is 1. The van der Waals surface area contributed by atoms with Crippen LogP contribution in [0, 0.1) is 10.1 Å². The molecule has 0 saturated heterocycles. The lowest BCUT2D eigenvalue weighted by Crippen LogP contribution is -2.30. The summed E-state index contributed by atoms with van der Waals surface area (Å²) in [7, 11) is -4.03. The molecule has 0 bridgehead atoms. The highest BCUT2D eigenvalue weighted by atomic mass is 32.2. The number of nitro groups is 1. The lowest BCUT2D eigenvalue weighted by Gasteiger charge is -2.04. The molecule has 146 valence electrons. The van der Waals surface area contributed by atoms with Crippen molar-refractivity contribution in [3.05, 3.63) is 50.4 Å². The fourth-order valence-corrected chi connectivity index (χ4v) is 3.20. The first kappa shape index (κ1) is 19.1. The van der Waals surface area contributed by atoms with Crippen molar-refractivity contribution in [2.24, 2.45) is 0 Å². The average Bonchev–Trinajstić information content (AvgIpc) is 3.03. The molecule has 0 aliphatic rings. The van der Waals surface area contributed by atoms with E-state index in [1.165, 1.54) is 25.1 Å². The van der Waals surface area contributed by atoms with Crippen LogP contribution in [0.5, 0.6) is 0 Å². The number of carbonyl (C=O) groups is 1. The highest BCUT2D eigenvalue weighted by molar-refractivity contribution is 7.90. The zero-order valence-corrected chi connectivity index (χ0v) is 15.3. The molecule has 0 spiro atoms. The van der Waals surface area contributed by atoms with Gasteiger partial charge in [-0.25, -0.2) is 18.0 Å². The second kappa shape index (κ2) is 6.80. The van der Waals surface area contributed by atoms with Gasteiger partial charge in [-0.1, -0.05) is 17.3 Å². The molecule has 2 heterocycles. The summed E-state index contributed by atoms with van der Waals surface area (Å²) in [5.74, 6) is -1.05. The number of esters is 1. The lowest BCUT2D eigenvalue weighted by molar-refractivity contribution is -0.384. The highest BCUT2D eigenvalue weighted by Crippen LogP contribution is 2.21. The van der Waals surface area contributed by atoms with Crippen LogP contribution in [-0.2, 0) is 14.6 Å². The fraction of sp³-hybridized carbons (Fsp3) is 0.214. The number of hydrogen-bond acceptors (Lipinski definition) is 10. The fourth-order valence-electron chi connectivity index (χ4n) is 2.42. The smallest absolute Gasteiger partial charge is 0.373 e. The Labute approximate surface area is 156 Å². The van der Waals surface area contributed by atoms with E-state index in [-0.39, 0.29) is 12.3 Å². The van der Waals surface area contributed by atoms with Crippen molar-refractivity contribution >= 4 is 27.1 Å². The Hall–Kier alpha value is -3.68. The van der Waals surface area contributed by atoms with Gasteiger partial charge in [-0.15, -0.1) is 10.2 Å². The molecule has 28 heavy (non-hydrogen) atoms. The monoisotopic (exact) mass is 408 g/mol. The van der Waals surface area contributed by atoms with E-state index in [1.54, 1.807) is 0 Å².